The first-order valence-electron chi connectivity index (χ1n) is 7.29. The van der Waals surface area contributed by atoms with Gasteiger partial charge in [0.15, 0.2) is 5.96 Å². The molecule has 0 aromatic heterocycles. The van der Waals surface area contributed by atoms with Crippen LogP contribution in [-0.4, -0.2) is 38.3 Å². The maximum absolute atomic E-state index is 5.73. The minimum absolute atomic E-state index is 0.330. The molecular formula is C14H31N3O. The van der Waals surface area contributed by atoms with Gasteiger partial charge in [-0.1, -0.05) is 20.8 Å². The Balaban J connectivity index is 4.02. The van der Waals surface area contributed by atoms with Crippen LogP contribution in [0, 0.1) is 5.92 Å². The Labute approximate surface area is 113 Å². The van der Waals surface area contributed by atoms with Gasteiger partial charge in [0.1, 0.15) is 0 Å². The number of guanidine groups is 1. The van der Waals surface area contributed by atoms with E-state index in [9.17, 15) is 0 Å². The van der Waals surface area contributed by atoms with Gasteiger partial charge >= 0.3 is 0 Å². The average Bonchev–Trinajstić information content (AvgIpc) is 2.34. The molecule has 0 aliphatic carbocycles. The molecule has 0 saturated heterocycles. The zero-order chi connectivity index (χ0) is 13.8. The van der Waals surface area contributed by atoms with Crippen molar-refractivity contribution in [3.8, 4) is 0 Å². The van der Waals surface area contributed by atoms with Crippen molar-refractivity contribution in [2.75, 3.05) is 26.2 Å². The van der Waals surface area contributed by atoms with Gasteiger partial charge in [0.2, 0.25) is 0 Å². The maximum Gasteiger partial charge on any atom is 0.191 e. The molecule has 0 aliphatic rings. The van der Waals surface area contributed by atoms with Gasteiger partial charge in [0.25, 0.3) is 0 Å². The van der Waals surface area contributed by atoms with Crippen molar-refractivity contribution in [2.24, 2.45) is 10.9 Å². The number of aliphatic imine (C=N–C) groups is 1. The predicted molar refractivity (Wildman–Crippen MR) is 79.1 cm³/mol. The molecule has 0 rings (SSSR count). The van der Waals surface area contributed by atoms with Crippen molar-refractivity contribution in [1.29, 1.82) is 0 Å². The molecule has 4 heteroatoms. The van der Waals surface area contributed by atoms with Crippen molar-refractivity contribution in [1.82, 2.24) is 10.6 Å². The van der Waals surface area contributed by atoms with E-state index >= 15 is 0 Å². The Morgan fingerprint density at radius 1 is 1.17 bits per heavy atom. The minimum Gasteiger partial charge on any atom is -0.378 e. The molecule has 0 bridgehead atoms. The molecule has 0 aliphatic heterocycles. The highest BCUT2D eigenvalue weighted by molar-refractivity contribution is 5.79. The summed E-state index contributed by atoms with van der Waals surface area (Å²) in [4.78, 5) is 4.47. The van der Waals surface area contributed by atoms with Gasteiger partial charge in [0.05, 0.1) is 6.10 Å². The molecule has 2 N–H and O–H groups in total. The highest BCUT2D eigenvalue weighted by Gasteiger charge is 2.12. The normalized spacial score (nSPS) is 13.8. The monoisotopic (exact) mass is 257 g/mol. The molecule has 108 valence electrons. The summed E-state index contributed by atoms with van der Waals surface area (Å²) < 4.78 is 5.73. The first-order valence-corrected chi connectivity index (χ1v) is 7.29. The fourth-order valence-electron chi connectivity index (χ4n) is 1.72. The van der Waals surface area contributed by atoms with Gasteiger partial charge in [-0.25, -0.2) is 0 Å². The second-order valence-electron chi connectivity index (χ2n) is 4.71. The van der Waals surface area contributed by atoms with Crippen LogP contribution in [0.3, 0.4) is 0 Å². The molecule has 1 atom stereocenters. The number of nitrogens with one attached hydrogen (secondary N) is 2. The molecule has 0 amide bonds. The lowest BCUT2D eigenvalue weighted by molar-refractivity contribution is 0.0258. The number of hydrogen-bond donors (Lipinski definition) is 2. The maximum atomic E-state index is 5.73. The number of nitrogens with zero attached hydrogens (tertiary/aromatic N) is 1. The zero-order valence-corrected chi connectivity index (χ0v) is 12.8. The Morgan fingerprint density at radius 3 is 2.39 bits per heavy atom. The van der Waals surface area contributed by atoms with Crippen LogP contribution < -0.4 is 10.6 Å². The van der Waals surface area contributed by atoms with E-state index in [0.717, 1.165) is 45.0 Å². The van der Waals surface area contributed by atoms with Crippen molar-refractivity contribution in [2.45, 2.75) is 53.6 Å². The lowest BCUT2D eigenvalue weighted by Crippen LogP contribution is -2.39. The molecular weight excluding hydrogens is 226 g/mol. The van der Waals surface area contributed by atoms with E-state index in [0.29, 0.717) is 12.0 Å². The molecule has 0 heterocycles. The Kier molecular flexibility index (Phi) is 10.8. The Hall–Kier alpha value is -0.770. The van der Waals surface area contributed by atoms with Crippen LogP contribution in [0.25, 0.3) is 0 Å². The predicted octanol–water partition coefficient (Wildman–Crippen LogP) is 2.40. The molecule has 4 nitrogen and oxygen atoms in total. The fraction of sp³-hybridized carbons (Fsp3) is 0.929. The van der Waals surface area contributed by atoms with Crippen molar-refractivity contribution < 1.29 is 4.74 Å². The summed E-state index contributed by atoms with van der Waals surface area (Å²) in [5.74, 6) is 1.47. The summed E-state index contributed by atoms with van der Waals surface area (Å²) in [6.07, 6.45) is 2.42. The van der Waals surface area contributed by atoms with Crippen molar-refractivity contribution in [3.63, 3.8) is 0 Å². The van der Waals surface area contributed by atoms with E-state index in [1.54, 1.807) is 0 Å². The minimum atomic E-state index is 0.330. The lowest BCUT2D eigenvalue weighted by Gasteiger charge is -2.21. The number of hydrogen-bond acceptors (Lipinski definition) is 2. The third-order valence-corrected chi connectivity index (χ3v) is 2.68. The van der Waals surface area contributed by atoms with Crippen LogP contribution in [0.4, 0.5) is 0 Å². The third-order valence-electron chi connectivity index (χ3n) is 2.68. The molecule has 1 unspecified atom stereocenters. The van der Waals surface area contributed by atoms with E-state index in [1.807, 2.05) is 0 Å². The first kappa shape index (κ1) is 17.2. The van der Waals surface area contributed by atoms with Gasteiger partial charge in [-0.2, -0.15) is 0 Å². The fourth-order valence-corrected chi connectivity index (χ4v) is 1.72. The van der Waals surface area contributed by atoms with E-state index in [4.69, 9.17) is 4.74 Å². The molecule has 0 radical (unpaired) electrons. The molecule has 0 fully saturated rings. The molecule has 0 aromatic rings. The van der Waals surface area contributed by atoms with E-state index in [1.165, 1.54) is 0 Å². The molecule has 18 heavy (non-hydrogen) atoms. The van der Waals surface area contributed by atoms with Crippen LogP contribution >= 0.6 is 0 Å². The third kappa shape index (κ3) is 8.34. The van der Waals surface area contributed by atoms with Gasteiger partial charge in [-0.05, 0) is 32.6 Å². The van der Waals surface area contributed by atoms with E-state index < -0.39 is 0 Å². The number of ether oxygens (including phenoxy) is 1. The van der Waals surface area contributed by atoms with Crippen LogP contribution in [0.5, 0.6) is 0 Å². The summed E-state index contributed by atoms with van der Waals surface area (Å²) in [5, 5.41) is 6.61. The van der Waals surface area contributed by atoms with E-state index in [2.05, 4.69) is 50.2 Å². The SMILES string of the molecule is CCCN=C(NCC)NCCC(OCC)C(C)C. The van der Waals surface area contributed by atoms with Crippen molar-refractivity contribution in [3.05, 3.63) is 0 Å². The zero-order valence-electron chi connectivity index (χ0n) is 12.8. The summed E-state index contributed by atoms with van der Waals surface area (Å²) in [7, 11) is 0. The first-order chi connectivity index (χ1) is 8.65. The Bertz CT molecular complexity index is 217. The standard InChI is InChI=1S/C14H31N3O/c1-6-10-16-14(15-7-2)17-11-9-13(12(4)5)18-8-3/h12-13H,6-11H2,1-5H3,(H2,15,16,17). The van der Waals surface area contributed by atoms with Gasteiger partial charge in [0, 0.05) is 26.2 Å². The second kappa shape index (κ2) is 11.3. The topological polar surface area (TPSA) is 45.7 Å². The van der Waals surface area contributed by atoms with Crippen LogP contribution in [0.15, 0.2) is 4.99 Å². The summed E-state index contributed by atoms with van der Waals surface area (Å²) in [6.45, 7) is 14.1. The Morgan fingerprint density at radius 2 is 1.89 bits per heavy atom. The average molecular weight is 257 g/mol. The smallest absolute Gasteiger partial charge is 0.191 e. The van der Waals surface area contributed by atoms with Gasteiger partial charge in [-0.15, -0.1) is 0 Å². The van der Waals surface area contributed by atoms with Crippen LogP contribution in [0.1, 0.15) is 47.5 Å². The molecule has 0 spiro atoms. The number of rotatable bonds is 9. The quantitative estimate of drug-likeness (QED) is 0.492. The second-order valence-corrected chi connectivity index (χ2v) is 4.71. The molecule has 0 aromatic carbocycles. The summed E-state index contributed by atoms with van der Waals surface area (Å²) in [6, 6.07) is 0. The summed E-state index contributed by atoms with van der Waals surface area (Å²) >= 11 is 0. The van der Waals surface area contributed by atoms with Gasteiger partial charge < -0.3 is 15.4 Å². The van der Waals surface area contributed by atoms with Crippen LogP contribution in [0.2, 0.25) is 0 Å². The largest absolute Gasteiger partial charge is 0.378 e. The highest BCUT2D eigenvalue weighted by Crippen LogP contribution is 2.09. The lowest BCUT2D eigenvalue weighted by atomic mass is 10.0. The highest BCUT2D eigenvalue weighted by atomic mass is 16.5. The molecule has 0 saturated carbocycles. The van der Waals surface area contributed by atoms with Crippen LogP contribution in [-0.2, 0) is 4.74 Å². The van der Waals surface area contributed by atoms with E-state index in [-0.39, 0.29) is 0 Å². The van der Waals surface area contributed by atoms with Gasteiger partial charge in [-0.3, -0.25) is 4.99 Å². The summed E-state index contributed by atoms with van der Waals surface area (Å²) in [5.41, 5.74) is 0. The van der Waals surface area contributed by atoms with Crippen molar-refractivity contribution >= 4 is 5.96 Å².